The molecule has 0 aromatic heterocycles. The van der Waals surface area contributed by atoms with Crippen LogP contribution < -0.4 is 15.4 Å². The van der Waals surface area contributed by atoms with Gasteiger partial charge >= 0.3 is 11.8 Å². The highest BCUT2D eigenvalue weighted by Crippen LogP contribution is 2.21. The number of amides is 2. The standard InChI is InChI=1S/C19H22N2O3/c1-2-20-18(22)19(23)21-12-13-24-17-11-7-6-10-16(17)14-15-8-4-3-5-9-15/h3-11H,2,12-14H2,1H3,(H,20,22)(H,21,23). The summed E-state index contributed by atoms with van der Waals surface area (Å²) in [6.07, 6.45) is 0.780. The Bertz CT molecular complexity index is 671. The van der Waals surface area contributed by atoms with E-state index < -0.39 is 11.8 Å². The molecule has 0 aliphatic carbocycles. The summed E-state index contributed by atoms with van der Waals surface area (Å²) in [5.74, 6) is -0.478. The van der Waals surface area contributed by atoms with Gasteiger partial charge in [0.15, 0.2) is 0 Å². The Kier molecular flexibility index (Phi) is 6.83. The fraction of sp³-hybridized carbons (Fsp3) is 0.263. The van der Waals surface area contributed by atoms with Gasteiger partial charge in [0.25, 0.3) is 0 Å². The van der Waals surface area contributed by atoms with Crippen molar-refractivity contribution in [2.75, 3.05) is 19.7 Å². The van der Waals surface area contributed by atoms with Crippen molar-refractivity contribution >= 4 is 11.8 Å². The highest BCUT2D eigenvalue weighted by atomic mass is 16.5. The number of hydrogen-bond donors (Lipinski definition) is 2. The number of carbonyl (C=O) groups excluding carboxylic acids is 2. The summed E-state index contributed by atoms with van der Waals surface area (Å²) in [5.41, 5.74) is 2.29. The van der Waals surface area contributed by atoms with Gasteiger partial charge in [-0.15, -0.1) is 0 Å². The lowest BCUT2D eigenvalue weighted by Gasteiger charge is -2.12. The van der Waals surface area contributed by atoms with Gasteiger partial charge < -0.3 is 15.4 Å². The molecule has 2 rings (SSSR count). The summed E-state index contributed by atoms with van der Waals surface area (Å²) >= 11 is 0. The molecule has 0 saturated heterocycles. The fourth-order valence-electron chi connectivity index (χ4n) is 2.25. The molecule has 0 aliphatic heterocycles. The van der Waals surface area contributed by atoms with Crippen molar-refractivity contribution < 1.29 is 14.3 Å². The van der Waals surface area contributed by atoms with E-state index in [0.29, 0.717) is 13.2 Å². The first-order chi connectivity index (χ1) is 11.7. The Morgan fingerprint density at radius 1 is 0.917 bits per heavy atom. The molecule has 2 aromatic rings. The van der Waals surface area contributed by atoms with E-state index in [1.54, 1.807) is 6.92 Å². The highest BCUT2D eigenvalue weighted by molar-refractivity contribution is 6.35. The maximum atomic E-state index is 11.5. The molecule has 0 atom stereocenters. The van der Waals surface area contributed by atoms with E-state index >= 15 is 0 Å². The zero-order valence-corrected chi connectivity index (χ0v) is 13.7. The van der Waals surface area contributed by atoms with Crippen molar-refractivity contribution in [2.24, 2.45) is 0 Å². The maximum absolute atomic E-state index is 11.5. The largest absolute Gasteiger partial charge is 0.491 e. The van der Waals surface area contributed by atoms with Crippen LogP contribution in [0.4, 0.5) is 0 Å². The monoisotopic (exact) mass is 326 g/mol. The first-order valence-electron chi connectivity index (χ1n) is 8.01. The van der Waals surface area contributed by atoms with E-state index in [0.717, 1.165) is 17.7 Å². The molecule has 0 fully saturated rings. The van der Waals surface area contributed by atoms with Crippen LogP contribution in [0.15, 0.2) is 54.6 Å². The van der Waals surface area contributed by atoms with E-state index in [4.69, 9.17) is 4.74 Å². The second-order valence-corrected chi connectivity index (χ2v) is 5.23. The minimum Gasteiger partial charge on any atom is -0.491 e. The molecule has 5 nitrogen and oxygen atoms in total. The van der Waals surface area contributed by atoms with E-state index in [2.05, 4.69) is 22.8 Å². The van der Waals surface area contributed by atoms with Gasteiger partial charge in [-0.2, -0.15) is 0 Å². The van der Waals surface area contributed by atoms with E-state index in [1.807, 2.05) is 42.5 Å². The normalized spacial score (nSPS) is 10.0. The Morgan fingerprint density at radius 2 is 1.58 bits per heavy atom. The molecule has 0 bridgehead atoms. The summed E-state index contributed by atoms with van der Waals surface area (Å²) in [5, 5.41) is 4.98. The van der Waals surface area contributed by atoms with Gasteiger partial charge in [-0.3, -0.25) is 9.59 Å². The zero-order valence-electron chi connectivity index (χ0n) is 13.7. The van der Waals surface area contributed by atoms with E-state index in [-0.39, 0.29) is 6.54 Å². The molecule has 126 valence electrons. The molecule has 24 heavy (non-hydrogen) atoms. The van der Waals surface area contributed by atoms with Crippen molar-refractivity contribution in [3.63, 3.8) is 0 Å². The third-order valence-electron chi connectivity index (χ3n) is 3.40. The summed E-state index contributed by atoms with van der Waals surface area (Å²) in [6, 6.07) is 18.0. The predicted molar refractivity (Wildman–Crippen MR) is 92.9 cm³/mol. The third-order valence-corrected chi connectivity index (χ3v) is 3.40. The van der Waals surface area contributed by atoms with Crippen molar-refractivity contribution in [1.82, 2.24) is 10.6 Å². The minimum atomic E-state index is -0.641. The number of para-hydroxylation sites is 1. The molecular formula is C19H22N2O3. The molecule has 0 radical (unpaired) electrons. The molecule has 0 aliphatic rings. The topological polar surface area (TPSA) is 67.4 Å². The predicted octanol–water partition coefficient (Wildman–Crippen LogP) is 1.91. The average Bonchev–Trinajstić information content (AvgIpc) is 2.61. The first-order valence-corrected chi connectivity index (χ1v) is 8.01. The van der Waals surface area contributed by atoms with Gasteiger partial charge in [0.1, 0.15) is 12.4 Å². The van der Waals surface area contributed by atoms with Crippen LogP contribution in [0, 0.1) is 0 Å². The van der Waals surface area contributed by atoms with Gasteiger partial charge in [-0.25, -0.2) is 0 Å². The van der Waals surface area contributed by atoms with Gasteiger partial charge in [-0.05, 0) is 24.1 Å². The smallest absolute Gasteiger partial charge is 0.309 e. The Morgan fingerprint density at radius 3 is 2.33 bits per heavy atom. The number of rotatable bonds is 7. The molecule has 0 saturated carbocycles. The fourth-order valence-corrected chi connectivity index (χ4v) is 2.25. The van der Waals surface area contributed by atoms with Crippen molar-refractivity contribution in [3.8, 4) is 5.75 Å². The quantitative estimate of drug-likeness (QED) is 0.603. The Labute approximate surface area is 142 Å². The molecule has 0 heterocycles. The Balaban J connectivity index is 1.85. The van der Waals surface area contributed by atoms with Crippen LogP contribution in [-0.4, -0.2) is 31.5 Å². The van der Waals surface area contributed by atoms with Crippen LogP contribution in [0.3, 0.4) is 0 Å². The average molecular weight is 326 g/mol. The van der Waals surface area contributed by atoms with E-state index in [9.17, 15) is 9.59 Å². The minimum absolute atomic E-state index is 0.273. The van der Waals surface area contributed by atoms with Gasteiger partial charge in [-0.1, -0.05) is 48.5 Å². The van der Waals surface area contributed by atoms with Crippen LogP contribution in [0.2, 0.25) is 0 Å². The second kappa shape index (κ2) is 9.35. The van der Waals surface area contributed by atoms with Crippen LogP contribution in [0.25, 0.3) is 0 Å². The van der Waals surface area contributed by atoms with Crippen LogP contribution in [0.1, 0.15) is 18.1 Å². The van der Waals surface area contributed by atoms with Crippen molar-refractivity contribution in [3.05, 3.63) is 65.7 Å². The molecule has 2 N–H and O–H groups in total. The lowest BCUT2D eigenvalue weighted by Crippen LogP contribution is -2.41. The number of likely N-dealkylation sites (N-methyl/N-ethyl adjacent to an activating group) is 1. The van der Waals surface area contributed by atoms with Crippen LogP contribution >= 0.6 is 0 Å². The summed E-state index contributed by atoms with van der Waals surface area (Å²) in [6.45, 7) is 2.76. The number of ether oxygens (including phenoxy) is 1. The van der Waals surface area contributed by atoms with Crippen molar-refractivity contribution in [1.29, 1.82) is 0 Å². The summed E-state index contributed by atoms with van der Waals surface area (Å²) in [4.78, 5) is 22.8. The van der Waals surface area contributed by atoms with Gasteiger partial charge in [0.05, 0.1) is 6.54 Å². The molecule has 2 amide bonds. The number of nitrogens with one attached hydrogen (secondary N) is 2. The van der Waals surface area contributed by atoms with Crippen molar-refractivity contribution in [2.45, 2.75) is 13.3 Å². The maximum Gasteiger partial charge on any atom is 0.309 e. The molecule has 0 spiro atoms. The number of carbonyl (C=O) groups is 2. The Hall–Kier alpha value is -2.82. The highest BCUT2D eigenvalue weighted by Gasteiger charge is 2.11. The van der Waals surface area contributed by atoms with Crippen LogP contribution in [0.5, 0.6) is 5.75 Å². The number of hydrogen-bond acceptors (Lipinski definition) is 3. The third kappa shape index (κ3) is 5.43. The molecule has 5 heteroatoms. The molecular weight excluding hydrogens is 304 g/mol. The zero-order chi connectivity index (χ0) is 17.2. The molecule has 0 unspecified atom stereocenters. The van der Waals surface area contributed by atoms with Gasteiger partial charge in [0.2, 0.25) is 0 Å². The van der Waals surface area contributed by atoms with E-state index in [1.165, 1.54) is 5.56 Å². The number of benzene rings is 2. The van der Waals surface area contributed by atoms with Gasteiger partial charge in [0, 0.05) is 13.0 Å². The lowest BCUT2D eigenvalue weighted by atomic mass is 10.0. The second-order valence-electron chi connectivity index (χ2n) is 5.23. The van der Waals surface area contributed by atoms with Crippen LogP contribution in [-0.2, 0) is 16.0 Å². The molecule has 2 aromatic carbocycles. The summed E-state index contributed by atoms with van der Waals surface area (Å²) < 4.78 is 5.75. The lowest BCUT2D eigenvalue weighted by molar-refractivity contribution is -0.139. The first kappa shape index (κ1) is 17.5. The SMILES string of the molecule is CCNC(=O)C(=O)NCCOc1ccccc1Cc1ccccc1. The summed E-state index contributed by atoms with van der Waals surface area (Å²) in [7, 11) is 0.